The van der Waals surface area contributed by atoms with E-state index in [4.69, 9.17) is 18.7 Å². The molecule has 2 aromatic rings. The highest BCUT2D eigenvalue weighted by Crippen LogP contribution is 2.41. The predicted octanol–water partition coefficient (Wildman–Crippen LogP) is 3.55. The Morgan fingerprint density at radius 1 is 1.20 bits per heavy atom. The summed E-state index contributed by atoms with van der Waals surface area (Å²) in [6, 6.07) is 5.64. The van der Waals surface area contributed by atoms with Crippen LogP contribution in [-0.4, -0.2) is 31.3 Å². The normalized spacial score (nSPS) is 21.2. The number of fused-ring (bicyclic) bond motifs is 1. The van der Waals surface area contributed by atoms with Gasteiger partial charge in [-0.2, -0.15) is 0 Å². The van der Waals surface area contributed by atoms with E-state index >= 15 is 0 Å². The molecular formula is C19H21NO5. The summed E-state index contributed by atoms with van der Waals surface area (Å²) in [4.78, 5) is 12.6. The van der Waals surface area contributed by atoms with Crippen LogP contribution in [0.3, 0.4) is 0 Å². The van der Waals surface area contributed by atoms with E-state index in [9.17, 15) is 4.79 Å². The number of ether oxygens (including phenoxy) is 3. The third-order valence-electron chi connectivity index (χ3n) is 4.71. The van der Waals surface area contributed by atoms with Gasteiger partial charge in [0.2, 0.25) is 0 Å². The van der Waals surface area contributed by atoms with Gasteiger partial charge < -0.3 is 18.7 Å². The van der Waals surface area contributed by atoms with Crippen LogP contribution in [0.15, 0.2) is 22.7 Å². The zero-order valence-corrected chi connectivity index (χ0v) is 14.4. The summed E-state index contributed by atoms with van der Waals surface area (Å²) in [5.41, 5.74) is 2.66. The molecule has 4 rings (SSSR count). The molecule has 6 nitrogen and oxygen atoms in total. The third kappa shape index (κ3) is 2.85. The number of ketones is 1. The van der Waals surface area contributed by atoms with Crippen LogP contribution in [0.2, 0.25) is 0 Å². The smallest absolute Gasteiger partial charge is 0.188 e. The van der Waals surface area contributed by atoms with Gasteiger partial charge in [-0.05, 0) is 18.4 Å². The summed E-state index contributed by atoms with van der Waals surface area (Å²) >= 11 is 0. The molecule has 2 heterocycles. The molecule has 1 aliphatic heterocycles. The molecule has 0 saturated carbocycles. The van der Waals surface area contributed by atoms with Gasteiger partial charge >= 0.3 is 0 Å². The fraction of sp³-hybridized carbons (Fsp3) is 0.474. The van der Waals surface area contributed by atoms with Crippen molar-refractivity contribution in [3.63, 3.8) is 0 Å². The predicted molar refractivity (Wildman–Crippen MR) is 89.6 cm³/mol. The number of hydrogen-bond donors (Lipinski definition) is 0. The number of methoxy groups -OCH3 is 1. The van der Waals surface area contributed by atoms with Crippen molar-refractivity contribution in [3.05, 3.63) is 35.1 Å². The Morgan fingerprint density at radius 2 is 2.00 bits per heavy atom. The number of hydrogen-bond acceptors (Lipinski definition) is 6. The molecule has 25 heavy (non-hydrogen) atoms. The molecule has 1 aromatic heterocycles. The molecule has 0 amide bonds. The second-order valence-corrected chi connectivity index (χ2v) is 6.61. The van der Waals surface area contributed by atoms with Crippen LogP contribution < -0.4 is 4.74 Å². The quantitative estimate of drug-likeness (QED) is 0.849. The maximum absolute atomic E-state index is 12.6. The Labute approximate surface area is 146 Å². The van der Waals surface area contributed by atoms with Gasteiger partial charge in [-0.3, -0.25) is 4.79 Å². The largest absolute Gasteiger partial charge is 0.496 e. The first-order valence-corrected chi connectivity index (χ1v) is 8.61. The fourth-order valence-electron chi connectivity index (χ4n) is 3.57. The molecule has 132 valence electrons. The van der Waals surface area contributed by atoms with E-state index in [1.54, 1.807) is 7.11 Å². The van der Waals surface area contributed by atoms with Crippen LogP contribution >= 0.6 is 0 Å². The number of carbonyl (C=O) groups excluding carboxylic acids is 1. The Morgan fingerprint density at radius 3 is 2.76 bits per heavy atom. The molecule has 1 saturated heterocycles. The fourth-order valence-corrected chi connectivity index (χ4v) is 3.57. The van der Waals surface area contributed by atoms with Gasteiger partial charge in [-0.1, -0.05) is 24.2 Å². The minimum absolute atomic E-state index is 0.0734. The molecule has 6 heteroatoms. The topological polar surface area (TPSA) is 70.8 Å². The van der Waals surface area contributed by atoms with Crippen molar-refractivity contribution in [3.8, 4) is 17.0 Å². The highest BCUT2D eigenvalue weighted by molar-refractivity contribution is 6.03. The monoisotopic (exact) mass is 343 g/mol. The standard InChI is InChI=1S/C19H21NO5/c1-11-9-13(21)17-15(10-11)25-20-18(17)12-5-3-6-14(22-2)16(12)19-23-7-4-8-24-19/h3,5-6,11,19H,4,7-10H2,1-2H3. The highest BCUT2D eigenvalue weighted by atomic mass is 16.7. The lowest BCUT2D eigenvalue weighted by atomic mass is 9.86. The van der Waals surface area contributed by atoms with Crippen molar-refractivity contribution in [2.45, 2.75) is 32.5 Å². The summed E-state index contributed by atoms with van der Waals surface area (Å²) in [6.07, 6.45) is 1.56. The molecular weight excluding hydrogens is 322 g/mol. The first-order chi connectivity index (χ1) is 12.2. The average Bonchev–Trinajstić information content (AvgIpc) is 3.05. The lowest BCUT2D eigenvalue weighted by Crippen LogP contribution is -2.20. The molecule has 0 radical (unpaired) electrons. The van der Waals surface area contributed by atoms with Gasteiger partial charge in [0, 0.05) is 18.4 Å². The summed E-state index contributed by atoms with van der Waals surface area (Å²) in [5, 5.41) is 4.22. The molecule has 1 unspecified atom stereocenters. The summed E-state index contributed by atoms with van der Waals surface area (Å²) in [6.45, 7) is 3.29. The van der Waals surface area contributed by atoms with Crippen molar-refractivity contribution in [1.29, 1.82) is 0 Å². The lowest BCUT2D eigenvalue weighted by molar-refractivity contribution is -0.183. The molecule has 1 aromatic carbocycles. The summed E-state index contributed by atoms with van der Waals surface area (Å²) in [5.74, 6) is 1.66. The Hall–Kier alpha value is -2.18. The lowest BCUT2D eigenvalue weighted by Gasteiger charge is -2.26. The van der Waals surface area contributed by atoms with Crippen LogP contribution in [0.4, 0.5) is 0 Å². The maximum atomic E-state index is 12.6. The zero-order chi connectivity index (χ0) is 17.4. The highest BCUT2D eigenvalue weighted by Gasteiger charge is 2.33. The van der Waals surface area contributed by atoms with Crippen molar-refractivity contribution in [2.75, 3.05) is 20.3 Å². The molecule has 1 fully saturated rings. The van der Waals surface area contributed by atoms with Crippen molar-refractivity contribution >= 4 is 5.78 Å². The van der Waals surface area contributed by atoms with E-state index in [0.717, 1.165) is 24.0 Å². The molecule has 2 aliphatic rings. The zero-order valence-electron chi connectivity index (χ0n) is 14.4. The van der Waals surface area contributed by atoms with Gasteiger partial charge in [-0.15, -0.1) is 0 Å². The van der Waals surface area contributed by atoms with Crippen molar-refractivity contribution in [1.82, 2.24) is 5.16 Å². The van der Waals surface area contributed by atoms with E-state index in [-0.39, 0.29) is 11.7 Å². The Balaban J connectivity index is 1.85. The SMILES string of the molecule is COc1cccc(-c2noc3c2C(=O)CC(C)C3)c1C1OCCCO1. The van der Waals surface area contributed by atoms with Crippen LogP contribution in [0.1, 0.15) is 47.7 Å². The molecule has 0 spiro atoms. The number of nitrogens with zero attached hydrogens (tertiary/aromatic N) is 1. The molecule has 0 bridgehead atoms. The first kappa shape index (κ1) is 16.3. The van der Waals surface area contributed by atoms with Crippen LogP contribution in [0.25, 0.3) is 11.3 Å². The second kappa shape index (κ2) is 6.61. The first-order valence-electron chi connectivity index (χ1n) is 8.61. The van der Waals surface area contributed by atoms with E-state index in [1.807, 2.05) is 25.1 Å². The van der Waals surface area contributed by atoms with Crippen LogP contribution in [-0.2, 0) is 15.9 Å². The molecule has 1 aliphatic carbocycles. The van der Waals surface area contributed by atoms with Crippen molar-refractivity contribution < 1.29 is 23.5 Å². The van der Waals surface area contributed by atoms with Gasteiger partial charge in [0.25, 0.3) is 0 Å². The summed E-state index contributed by atoms with van der Waals surface area (Å²) in [7, 11) is 1.61. The number of carbonyl (C=O) groups is 1. The summed E-state index contributed by atoms with van der Waals surface area (Å²) < 4.78 is 22.6. The van der Waals surface area contributed by atoms with E-state index in [2.05, 4.69) is 5.16 Å². The Kier molecular flexibility index (Phi) is 4.31. The second-order valence-electron chi connectivity index (χ2n) is 6.61. The molecule has 0 N–H and O–H groups in total. The van der Waals surface area contributed by atoms with Gasteiger partial charge in [0.1, 0.15) is 17.2 Å². The Bertz CT molecular complexity index is 791. The average molecular weight is 343 g/mol. The van der Waals surface area contributed by atoms with Crippen LogP contribution in [0, 0.1) is 5.92 Å². The van der Waals surface area contributed by atoms with Gasteiger partial charge in [0.05, 0.1) is 31.5 Å². The third-order valence-corrected chi connectivity index (χ3v) is 4.71. The number of Topliss-reactive ketones (excluding diaryl/α,β-unsaturated/α-hetero) is 1. The van der Waals surface area contributed by atoms with E-state index in [1.165, 1.54) is 0 Å². The van der Waals surface area contributed by atoms with Crippen LogP contribution in [0.5, 0.6) is 5.75 Å². The molecule has 1 atom stereocenters. The number of benzene rings is 1. The van der Waals surface area contributed by atoms with Gasteiger partial charge in [0.15, 0.2) is 12.1 Å². The van der Waals surface area contributed by atoms with E-state index < -0.39 is 6.29 Å². The number of rotatable bonds is 3. The van der Waals surface area contributed by atoms with E-state index in [0.29, 0.717) is 42.4 Å². The maximum Gasteiger partial charge on any atom is 0.188 e. The van der Waals surface area contributed by atoms with Crippen molar-refractivity contribution in [2.24, 2.45) is 5.92 Å². The number of aromatic nitrogens is 1. The van der Waals surface area contributed by atoms with Gasteiger partial charge in [-0.25, -0.2) is 0 Å². The minimum Gasteiger partial charge on any atom is -0.496 e. The minimum atomic E-state index is -0.537.